The van der Waals surface area contributed by atoms with Crippen molar-refractivity contribution in [3.05, 3.63) is 12.2 Å². The van der Waals surface area contributed by atoms with Crippen LogP contribution < -0.4 is 5.73 Å². The van der Waals surface area contributed by atoms with Crippen molar-refractivity contribution in [1.82, 2.24) is 4.90 Å². The summed E-state index contributed by atoms with van der Waals surface area (Å²) < 4.78 is 0. The Morgan fingerprint density at radius 1 is 0.852 bits per heavy atom. The van der Waals surface area contributed by atoms with Crippen molar-refractivity contribution in [1.29, 1.82) is 0 Å². The van der Waals surface area contributed by atoms with Crippen LogP contribution in [0, 0.1) is 0 Å². The molecule has 4 heteroatoms. The normalized spacial score (nSPS) is 12.2. The first-order chi connectivity index (χ1) is 13.0. The Hall–Kier alpha value is -0.870. The first-order valence-corrected chi connectivity index (χ1v) is 11.4. The van der Waals surface area contributed by atoms with Gasteiger partial charge < -0.3 is 10.8 Å². The molecule has 0 aliphatic rings. The van der Waals surface area contributed by atoms with E-state index >= 15 is 0 Å². The Bertz CT molecular complexity index is 328. The smallest absolute Gasteiger partial charge is 0.303 e. The van der Waals surface area contributed by atoms with Crippen molar-refractivity contribution in [3.8, 4) is 0 Å². The van der Waals surface area contributed by atoms with Crippen LogP contribution in [-0.4, -0.2) is 35.2 Å². The minimum absolute atomic E-state index is 0.264. The van der Waals surface area contributed by atoms with Gasteiger partial charge in [-0.1, -0.05) is 78.4 Å². The lowest BCUT2D eigenvalue weighted by atomic mass is 10.1. The first-order valence-electron chi connectivity index (χ1n) is 11.4. The van der Waals surface area contributed by atoms with Gasteiger partial charge in [-0.2, -0.15) is 0 Å². The van der Waals surface area contributed by atoms with Gasteiger partial charge in [0, 0.05) is 6.42 Å². The number of nitrogens with two attached hydrogens (primary N) is 1. The zero-order chi connectivity index (χ0) is 20.8. The molecule has 0 bridgehead atoms. The van der Waals surface area contributed by atoms with E-state index in [-0.39, 0.29) is 6.17 Å². The Labute approximate surface area is 169 Å². The van der Waals surface area contributed by atoms with E-state index in [1.54, 1.807) is 0 Å². The van der Waals surface area contributed by atoms with Crippen LogP contribution in [0.15, 0.2) is 12.2 Å². The van der Waals surface area contributed by atoms with Crippen LogP contribution in [0.2, 0.25) is 0 Å². The molecule has 0 saturated heterocycles. The monoisotopic (exact) mass is 384 g/mol. The summed E-state index contributed by atoms with van der Waals surface area (Å²) in [6.45, 7) is 10.8. The Balaban J connectivity index is 0. The van der Waals surface area contributed by atoms with Crippen molar-refractivity contribution in [2.75, 3.05) is 13.1 Å². The van der Waals surface area contributed by atoms with E-state index in [1.165, 1.54) is 57.8 Å². The molecular formula is C23H48N2O2. The highest BCUT2D eigenvalue weighted by atomic mass is 16.4. The van der Waals surface area contributed by atoms with Gasteiger partial charge in [-0.3, -0.25) is 9.69 Å². The number of unbranched alkanes of at least 4 members (excludes halogenated alkanes) is 9. The van der Waals surface area contributed by atoms with Crippen molar-refractivity contribution in [2.45, 2.75) is 117 Å². The van der Waals surface area contributed by atoms with Gasteiger partial charge in [-0.25, -0.2) is 0 Å². The molecule has 0 rings (SSSR count). The van der Waals surface area contributed by atoms with Crippen LogP contribution >= 0.6 is 0 Å². The third kappa shape index (κ3) is 23.1. The molecule has 1 unspecified atom stereocenters. The molecule has 0 heterocycles. The largest absolute Gasteiger partial charge is 0.481 e. The predicted octanol–water partition coefficient (Wildman–Crippen LogP) is 6.35. The van der Waals surface area contributed by atoms with E-state index in [9.17, 15) is 4.79 Å². The van der Waals surface area contributed by atoms with Gasteiger partial charge in [-0.15, -0.1) is 0 Å². The molecule has 0 aliphatic heterocycles. The summed E-state index contributed by atoms with van der Waals surface area (Å²) in [6, 6.07) is 0. The maximum absolute atomic E-state index is 10.3. The molecule has 27 heavy (non-hydrogen) atoms. The van der Waals surface area contributed by atoms with Crippen molar-refractivity contribution < 1.29 is 9.90 Å². The fourth-order valence-electron chi connectivity index (χ4n) is 2.94. The lowest BCUT2D eigenvalue weighted by Gasteiger charge is -2.24. The molecule has 162 valence electrons. The Kier molecular flexibility index (Phi) is 24.3. The second kappa shape index (κ2) is 23.2. The number of carboxylic acids is 1. The molecule has 4 nitrogen and oxygen atoms in total. The lowest BCUT2D eigenvalue weighted by molar-refractivity contribution is -0.137. The van der Waals surface area contributed by atoms with E-state index < -0.39 is 5.97 Å². The SMILES string of the molecule is CCC(N)N(CC)CC.CCCCCC/C=C\CCCCCCCC(=O)O. The first kappa shape index (κ1) is 28.3. The zero-order valence-electron chi connectivity index (χ0n) is 18.7. The third-order valence-corrected chi connectivity index (χ3v) is 4.85. The van der Waals surface area contributed by atoms with Gasteiger partial charge in [-0.05, 0) is 51.6 Å². The average Bonchev–Trinajstić information content (AvgIpc) is 2.66. The van der Waals surface area contributed by atoms with Crippen LogP contribution in [-0.2, 0) is 4.79 Å². The minimum Gasteiger partial charge on any atom is -0.481 e. The summed E-state index contributed by atoms with van der Waals surface area (Å²) >= 11 is 0. The second-order valence-electron chi connectivity index (χ2n) is 7.22. The molecule has 0 fully saturated rings. The molecule has 0 spiro atoms. The topological polar surface area (TPSA) is 66.6 Å². The number of allylic oxidation sites excluding steroid dienone is 2. The van der Waals surface area contributed by atoms with E-state index in [1.807, 2.05) is 0 Å². The Morgan fingerprint density at radius 2 is 1.33 bits per heavy atom. The van der Waals surface area contributed by atoms with Gasteiger partial charge >= 0.3 is 5.97 Å². The van der Waals surface area contributed by atoms with Crippen LogP contribution in [0.3, 0.4) is 0 Å². The maximum atomic E-state index is 10.3. The summed E-state index contributed by atoms with van der Waals surface area (Å²) in [4.78, 5) is 12.5. The van der Waals surface area contributed by atoms with Crippen molar-refractivity contribution in [2.24, 2.45) is 5.73 Å². The van der Waals surface area contributed by atoms with Gasteiger partial charge in [0.2, 0.25) is 0 Å². The number of carboxylic acid groups (broad SMARTS) is 1. The third-order valence-electron chi connectivity index (χ3n) is 4.85. The number of carbonyl (C=O) groups is 1. The number of nitrogens with zero attached hydrogens (tertiary/aromatic N) is 1. The standard InChI is InChI=1S/C16H30O2.C7H18N2/c1-2-3-4-5-6-7-8-9-10-11-12-13-14-15-16(17)18;1-4-7(8)9(5-2)6-3/h7-8H,2-6,9-15H2,1H3,(H,17,18);7H,4-6,8H2,1-3H3/b8-7-;. The number of hydrogen-bond acceptors (Lipinski definition) is 3. The zero-order valence-corrected chi connectivity index (χ0v) is 18.7. The fraction of sp³-hybridized carbons (Fsp3) is 0.870. The molecule has 0 aromatic heterocycles. The number of aliphatic carboxylic acids is 1. The van der Waals surface area contributed by atoms with Crippen LogP contribution in [0.5, 0.6) is 0 Å². The van der Waals surface area contributed by atoms with E-state index in [4.69, 9.17) is 10.8 Å². The van der Waals surface area contributed by atoms with E-state index in [0.29, 0.717) is 6.42 Å². The predicted molar refractivity (Wildman–Crippen MR) is 119 cm³/mol. The summed E-state index contributed by atoms with van der Waals surface area (Å²) in [7, 11) is 0. The molecule has 0 aromatic rings. The molecular weight excluding hydrogens is 336 g/mol. The van der Waals surface area contributed by atoms with Crippen LogP contribution in [0.25, 0.3) is 0 Å². The van der Waals surface area contributed by atoms with Gasteiger partial charge in [0.25, 0.3) is 0 Å². The molecule has 3 N–H and O–H groups in total. The highest BCUT2D eigenvalue weighted by Crippen LogP contribution is 2.08. The van der Waals surface area contributed by atoms with Crippen molar-refractivity contribution >= 4 is 5.97 Å². The minimum atomic E-state index is -0.666. The highest BCUT2D eigenvalue weighted by Gasteiger charge is 2.05. The Morgan fingerprint density at radius 3 is 1.74 bits per heavy atom. The summed E-state index contributed by atoms with van der Waals surface area (Å²) in [5, 5.41) is 8.48. The average molecular weight is 385 g/mol. The molecule has 0 amide bonds. The summed E-state index contributed by atoms with van der Waals surface area (Å²) in [5.74, 6) is -0.666. The molecule has 1 atom stereocenters. The number of rotatable bonds is 17. The van der Waals surface area contributed by atoms with E-state index in [0.717, 1.165) is 32.4 Å². The number of hydrogen-bond donors (Lipinski definition) is 2. The van der Waals surface area contributed by atoms with Crippen molar-refractivity contribution in [3.63, 3.8) is 0 Å². The second-order valence-corrected chi connectivity index (χ2v) is 7.22. The molecule has 0 aliphatic carbocycles. The highest BCUT2D eigenvalue weighted by molar-refractivity contribution is 5.66. The summed E-state index contributed by atoms with van der Waals surface area (Å²) in [5.41, 5.74) is 5.76. The van der Waals surface area contributed by atoms with Crippen LogP contribution in [0.4, 0.5) is 0 Å². The fourth-order valence-corrected chi connectivity index (χ4v) is 2.94. The quantitative estimate of drug-likeness (QED) is 0.174. The lowest BCUT2D eigenvalue weighted by Crippen LogP contribution is -2.41. The van der Waals surface area contributed by atoms with Crippen LogP contribution in [0.1, 0.15) is 111 Å². The van der Waals surface area contributed by atoms with Gasteiger partial charge in [0.1, 0.15) is 0 Å². The maximum Gasteiger partial charge on any atom is 0.303 e. The van der Waals surface area contributed by atoms with E-state index in [2.05, 4.69) is 44.7 Å². The molecule has 0 aromatic carbocycles. The molecule has 0 saturated carbocycles. The molecule has 0 radical (unpaired) electrons. The van der Waals surface area contributed by atoms with Gasteiger partial charge in [0.05, 0.1) is 6.17 Å². The summed E-state index contributed by atoms with van der Waals surface area (Å²) in [6.07, 6.45) is 19.6. The van der Waals surface area contributed by atoms with Gasteiger partial charge in [0.15, 0.2) is 0 Å².